The molecule has 0 aliphatic heterocycles. The molecule has 0 bridgehead atoms. The largest absolute Gasteiger partial charge is 0.342 e. The van der Waals surface area contributed by atoms with E-state index in [1.807, 2.05) is 51.2 Å². The quantitative estimate of drug-likeness (QED) is 0.615. The van der Waals surface area contributed by atoms with Crippen LogP contribution >= 0.6 is 11.3 Å². The summed E-state index contributed by atoms with van der Waals surface area (Å²) in [7, 11) is 1.83. The summed E-state index contributed by atoms with van der Waals surface area (Å²) in [5.74, 6) is 0.0226. The first-order valence-electron chi connectivity index (χ1n) is 10.8. The number of benzene rings is 1. The molecule has 162 valence electrons. The van der Waals surface area contributed by atoms with Gasteiger partial charge < -0.3 is 4.90 Å². The van der Waals surface area contributed by atoms with Crippen LogP contribution in [0, 0.1) is 0 Å². The molecule has 7 heteroatoms. The van der Waals surface area contributed by atoms with Gasteiger partial charge in [-0.2, -0.15) is 0 Å². The van der Waals surface area contributed by atoms with Crippen LogP contribution in [0.25, 0.3) is 0 Å². The highest BCUT2D eigenvalue weighted by atomic mass is 32.1. The molecule has 3 rings (SSSR count). The first kappa shape index (κ1) is 22.4. The minimum Gasteiger partial charge on any atom is -0.342 e. The van der Waals surface area contributed by atoms with Crippen LogP contribution in [0.1, 0.15) is 42.8 Å². The van der Waals surface area contributed by atoms with Gasteiger partial charge in [0.25, 0.3) is 0 Å². The van der Waals surface area contributed by atoms with E-state index in [0.29, 0.717) is 19.6 Å². The van der Waals surface area contributed by atoms with Crippen LogP contribution in [-0.4, -0.2) is 59.8 Å². The summed E-state index contributed by atoms with van der Waals surface area (Å²) in [6.45, 7) is 6.22. The number of rotatable bonds is 9. The molecule has 1 aromatic carbocycles. The highest BCUT2D eigenvalue weighted by Gasteiger charge is 2.25. The second-order valence-electron chi connectivity index (χ2n) is 7.78. The average molecular weight is 429 g/mol. The van der Waals surface area contributed by atoms with Gasteiger partial charge in [0.1, 0.15) is 0 Å². The van der Waals surface area contributed by atoms with E-state index in [0.717, 1.165) is 29.2 Å². The summed E-state index contributed by atoms with van der Waals surface area (Å²) in [6, 6.07) is 10.0. The zero-order chi connectivity index (χ0) is 21.5. The van der Waals surface area contributed by atoms with Crippen LogP contribution in [0.3, 0.4) is 0 Å². The van der Waals surface area contributed by atoms with Crippen LogP contribution in [0.15, 0.2) is 30.3 Å². The van der Waals surface area contributed by atoms with Gasteiger partial charge in [0.05, 0.1) is 25.3 Å². The smallest absolute Gasteiger partial charge is 0.243 e. The number of hydrogen-bond donors (Lipinski definition) is 0. The summed E-state index contributed by atoms with van der Waals surface area (Å²) in [6.07, 6.45) is 4.41. The number of aromatic nitrogens is 1. The second-order valence-corrected chi connectivity index (χ2v) is 8.84. The van der Waals surface area contributed by atoms with E-state index < -0.39 is 0 Å². The molecule has 1 aromatic heterocycles. The highest BCUT2D eigenvalue weighted by Crippen LogP contribution is 2.32. The third-order valence-electron chi connectivity index (χ3n) is 5.48. The van der Waals surface area contributed by atoms with Crippen molar-refractivity contribution in [2.45, 2.75) is 46.1 Å². The van der Waals surface area contributed by atoms with Gasteiger partial charge in [0, 0.05) is 18.0 Å². The molecule has 0 atom stereocenters. The van der Waals surface area contributed by atoms with E-state index in [1.54, 1.807) is 26.0 Å². The number of anilines is 1. The maximum absolute atomic E-state index is 13.3. The molecule has 1 heterocycles. The van der Waals surface area contributed by atoms with Crippen molar-refractivity contribution >= 4 is 28.3 Å². The summed E-state index contributed by atoms with van der Waals surface area (Å²) in [4.78, 5) is 37.2. The van der Waals surface area contributed by atoms with Gasteiger partial charge in [0.2, 0.25) is 11.8 Å². The minimum absolute atomic E-state index is 0.0280. The summed E-state index contributed by atoms with van der Waals surface area (Å²) in [5, 5.41) is 0.777. The maximum Gasteiger partial charge on any atom is 0.243 e. The van der Waals surface area contributed by atoms with Gasteiger partial charge in [-0.15, -0.1) is 11.3 Å². The Morgan fingerprint density at radius 1 is 1.00 bits per heavy atom. The lowest BCUT2D eigenvalue weighted by Crippen LogP contribution is -2.43. The Morgan fingerprint density at radius 3 is 2.33 bits per heavy atom. The van der Waals surface area contributed by atoms with Crippen molar-refractivity contribution in [2.24, 2.45) is 0 Å². The van der Waals surface area contributed by atoms with E-state index in [-0.39, 0.29) is 24.9 Å². The van der Waals surface area contributed by atoms with E-state index in [1.165, 1.54) is 17.7 Å². The predicted octanol–water partition coefficient (Wildman–Crippen LogP) is 3.36. The standard InChI is InChI=1S/C23H32N4O2S/c1-4-26(5-2)21(28)16-25(3)17-22(29)27(15-18-11-7-6-8-12-18)23-24-19-13-9-10-14-20(19)30-23/h6-8,11-12H,4-5,9-10,13-17H2,1-3H3. The molecule has 0 unspecified atom stereocenters. The van der Waals surface area contributed by atoms with E-state index in [4.69, 9.17) is 4.98 Å². The van der Waals surface area contributed by atoms with Crippen molar-refractivity contribution in [2.75, 3.05) is 38.1 Å². The molecule has 1 aliphatic rings. The van der Waals surface area contributed by atoms with Gasteiger partial charge in [-0.1, -0.05) is 30.3 Å². The molecular weight excluding hydrogens is 396 g/mol. The molecule has 0 fully saturated rings. The lowest BCUT2D eigenvalue weighted by atomic mass is 10.0. The van der Waals surface area contributed by atoms with Crippen molar-refractivity contribution in [3.8, 4) is 0 Å². The van der Waals surface area contributed by atoms with Crippen molar-refractivity contribution in [3.05, 3.63) is 46.5 Å². The van der Waals surface area contributed by atoms with Gasteiger partial charge in [-0.25, -0.2) is 4.98 Å². The number of thiazole rings is 1. The molecule has 2 aromatic rings. The molecule has 0 saturated carbocycles. The Hall–Kier alpha value is -2.25. The van der Waals surface area contributed by atoms with Crippen LogP contribution in [-0.2, 0) is 29.0 Å². The maximum atomic E-state index is 13.3. The minimum atomic E-state index is -0.0280. The fourth-order valence-electron chi connectivity index (χ4n) is 3.76. The summed E-state index contributed by atoms with van der Waals surface area (Å²) >= 11 is 1.64. The van der Waals surface area contributed by atoms with Gasteiger partial charge in [0.15, 0.2) is 5.13 Å². The molecule has 2 amide bonds. The topological polar surface area (TPSA) is 56.8 Å². The highest BCUT2D eigenvalue weighted by molar-refractivity contribution is 7.15. The number of carbonyl (C=O) groups is 2. The predicted molar refractivity (Wildman–Crippen MR) is 122 cm³/mol. The van der Waals surface area contributed by atoms with Crippen LogP contribution in [0.2, 0.25) is 0 Å². The summed E-state index contributed by atoms with van der Waals surface area (Å²) in [5.41, 5.74) is 2.22. The number of amides is 2. The number of fused-ring (bicyclic) bond motifs is 1. The average Bonchev–Trinajstić information content (AvgIpc) is 3.17. The fraction of sp³-hybridized carbons (Fsp3) is 0.522. The first-order chi connectivity index (χ1) is 14.5. The van der Waals surface area contributed by atoms with Crippen LogP contribution in [0.5, 0.6) is 0 Å². The van der Waals surface area contributed by atoms with Gasteiger partial charge >= 0.3 is 0 Å². The first-order valence-corrected chi connectivity index (χ1v) is 11.6. The Morgan fingerprint density at radius 2 is 1.67 bits per heavy atom. The molecular formula is C23H32N4O2S. The van der Waals surface area contributed by atoms with E-state index >= 15 is 0 Å². The van der Waals surface area contributed by atoms with E-state index in [2.05, 4.69) is 0 Å². The third kappa shape index (κ3) is 5.67. The van der Waals surface area contributed by atoms with E-state index in [9.17, 15) is 9.59 Å². The van der Waals surface area contributed by atoms with Crippen LogP contribution in [0.4, 0.5) is 5.13 Å². The molecule has 6 nitrogen and oxygen atoms in total. The Labute approximate surface area is 183 Å². The number of aryl methyl sites for hydroxylation is 2. The van der Waals surface area contributed by atoms with Crippen molar-refractivity contribution < 1.29 is 9.59 Å². The Kier molecular flexibility index (Phi) is 7.99. The zero-order valence-corrected chi connectivity index (χ0v) is 19.1. The fourth-order valence-corrected chi connectivity index (χ4v) is 4.93. The SMILES string of the molecule is CCN(CC)C(=O)CN(C)CC(=O)N(Cc1ccccc1)c1nc2c(s1)CCCC2. The Balaban J connectivity index is 1.75. The monoisotopic (exact) mass is 428 g/mol. The van der Waals surface area contributed by atoms with Gasteiger partial charge in [-0.05, 0) is 52.1 Å². The second kappa shape index (κ2) is 10.7. The molecule has 0 spiro atoms. The Bertz CT molecular complexity index is 825. The van der Waals surface area contributed by atoms with Gasteiger partial charge in [-0.3, -0.25) is 19.4 Å². The molecule has 0 saturated heterocycles. The molecule has 1 aliphatic carbocycles. The molecule has 0 radical (unpaired) electrons. The number of likely N-dealkylation sites (N-methyl/N-ethyl adjacent to an activating group) is 2. The number of carbonyl (C=O) groups excluding carboxylic acids is 2. The lowest BCUT2D eigenvalue weighted by molar-refractivity contribution is -0.132. The van der Waals surface area contributed by atoms with Crippen molar-refractivity contribution in [1.82, 2.24) is 14.8 Å². The number of nitrogens with zero attached hydrogens (tertiary/aromatic N) is 4. The summed E-state index contributed by atoms with van der Waals surface area (Å²) < 4.78 is 0. The lowest BCUT2D eigenvalue weighted by Gasteiger charge is -2.25. The zero-order valence-electron chi connectivity index (χ0n) is 18.3. The third-order valence-corrected chi connectivity index (χ3v) is 6.66. The molecule has 0 N–H and O–H groups in total. The van der Waals surface area contributed by atoms with Crippen molar-refractivity contribution in [1.29, 1.82) is 0 Å². The number of hydrogen-bond acceptors (Lipinski definition) is 5. The van der Waals surface area contributed by atoms with Crippen LogP contribution < -0.4 is 4.90 Å². The normalized spacial score (nSPS) is 13.2. The molecule has 30 heavy (non-hydrogen) atoms. The van der Waals surface area contributed by atoms with Crippen molar-refractivity contribution in [3.63, 3.8) is 0 Å².